The minimum Gasteiger partial charge on any atom is -0.280 e. The van der Waals surface area contributed by atoms with Crippen molar-refractivity contribution in [3.8, 4) is 0 Å². The first kappa shape index (κ1) is 13.5. The predicted molar refractivity (Wildman–Crippen MR) is 52.7 cm³/mol. The Hall–Kier alpha value is -1.12. The van der Waals surface area contributed by atoms with Crippen molar-refractivity contribution < 1.29 is 4.39 Å². The molecule has 0 aromatic carbocycles. The lowest BCUT2D eigenvalue weighted by Gasteiger charge is -2.01. The average Bonchev–Trinajstić information content (AvgIpc) is 2.16. The molecule has 12 heavy (non-hydrogen) atoms. The van der Waals surface area contributed by atoms with Crippen LogP contribution in [0, 0.1) is 0 Å². The molecular formula is C9H17FN2. The van der Waals surface area contributed by atoms with Gasteiger partial charge in [0.2, 0.25) is 0 Å². The van der Waals surface area contributed by atoms with E-state index in [4.69, 9.17) is 0 Å². The molecule has 3 heteroatoms. The van der Waals surface area contributed by atoms with Crippen LogP contribution in [-0.2, 0) is 0 Å². The maximum atomic E-state index is 12.6. The van der Waals surface area contributed by atoms with E-state index in [-0.39, 0.29) is 5.83 Å². The first-order valence-electron chi connectivity index (χ1n) is 3.99. The van der Waals surface area contributed by atoms with Crippen LogP contribution in [0.15, 0.2) is 29.3 Å². The van der Waals surface area contributed by atoms with Gasteiger partial charge >= 0.3 is 0 Å². The van der Waals surface area contributed by atoms with Gasteiger partial charge in [-0.25, -0.2) is 4.39 Å². The summed E-state index contributed by atoms with van der Waals surface area (Å²) >= 11 is 0. The van der Waals surface area contributed by atoms with Crippen molar-refractivity contribution in [3.05, 3.63) is 24.2 Å². The zero-order chi connectivity index (χ0) is 9.98. The highest BCUT2D eigenvalue weighted by Crippen LogP contribution is 2.07. The summed E-state index contributed by atoms with van der Waals surface area (Å²) in [6, 6.07) is 0. The monoisotopic (exact) mass is 172 g/mol. The second-order valence-electron chi connectivity index (χ2n) is 1.65. The predicted octanol–water partition coefficient (Wildman–Crippen LogP) is 2.99. The Labute approximate surface area is 73.9 Å². The number of nitrogens with zero attached hydrogens (tertiary/aromatic N) is 1. The third-order valence-electron chi connectivity index (χ3n) is 1.04. The van der Waals surface area contributed by atoms with E-state index < -0.39 is 0 Å². The van der Waals surface area contributed by atoms with Gasteiger partial charge in [0.05, 0.1) is 5.70 Å². The highest BCUT2D eigenvalue weighted by Gasteiger charge is 1.97. The van der Waals surface area contributed by atoms with Crippen LogP contribution >= 0.6 is 0 Å². The molecule has 0 bridgehead atoms. The lowest BCUT2D eigenvalue weighted by molar-refractivity contribution is 0.625. The fraction of sp³-hybridized carbons (Fsp3) is 0.444. The van der Waals surface area contributed by atoms with Gasteiger partial charge < -0.3 is 0 Å². The van der Waals surface area contributed by atoms with E-state index in [9.17, 15) is 4.39 Å². The Bertz CT molecular complexity index is 162. The number of allylic oxidation sites excluding steroid dienone is 3. The fourth-order valence-corrected chi connectivity index (χ4v) is 0.520. The van der Waals surface area contributed by atoms with Gasteiger partial charge in [-0.3, -0.25) is 5.43 Å². The third-order valence-corrected chi connectivity index (χ3v) is 1.04. The summed E-state index contributed by atoms with van der Waals surface area (Å²) in [5.41, 5.74) is 2.84. The van der Waals surface area contributed by atoms with E-state index >= 15 is 0 Å². The van der Waals surface area contributed by atoms with E-state index in [1.807, 2.05) is 20.8 Å². The van der Waals surface area contributed by atoms with E-state index in [2.05, 4.69) is 23.8 Å². The summed E-state index contributed by atoms with van der Waals surface area (Å²) < 4.78 is 12.6. The van der Waals surface area contributed by atoms with Crippen molar-refractivity contribution in [2.24, 2.45) is 5.10 Å². The molecule has 0 aromatic heterocycles. The van der Waals surface area contributed by atoms with Gasteiger partial charge in [0.15, 0.2) is 0 Å². The Morgan fingerprint density at radius 2 is 2.08 bits per heavy atom. The Morgan fingerprint density at radius 1 is 1.58 bits per heavy atom. The summed E-state index contributed by atoms with van der Waals surface area (Å²) in [6.45, 7) is 12.3. The molecule has 0 saturated heterocycles. The lowest BCUT2D eigenvalue weighted by atomic mass is 10.3. The Kier molecular flexibility index (Phi) is 11.1. The highest BCUT2D eigenvalue weighted by molar-refractivity contribution is 5.24. The minimum atomic E-state index is -0.380. The molecule has 0 aromatic rings. The number of hydrogen-bond donors (Lipinski definition) is 1. The molecule has 0 atom stereocenters. The smallest absolute Gasteiger partial charge is 0.143 e. The van der Waals surface area contributed by atoms with Crippen molar-refractivity contribution in [1.82, 2.24) is 5.43 Å². The zero-order valence-corrected chi connectivity index (χ0v) is 8.02. The van der Waals surface area contributed by atoms with Gasteiger partial charge in [0.25, 0.3) is 0 Å². The van der Waals surface area contributed by atoms with Gasteiger partial charge in [0.1, 0.15) is 5.83 Å². The standard InChI is InChI=1S/C7H11FN2.C2H6/c1-4-6(8)7(5-2)10-9-3;1-2/h4,10H,1,3,5H2,2H3;1-2H3/b7-6-;. The van der Waals surface area contributed by atoms with Crippen LogP contribution in [0.5, 0.6) is 0 Å². The van der Waals surface area contributed by atoms with E-state index in [0.29, 0.717) is 12.1 Å². The molecule has 70 valence electrons. The van der Waals surface area contributed by atoms with Crippen LogP contribution in [0.3, 0.4) is 0 Å². The fourth-order valence-electron chi connectivity index (χ4n) is 0.520. The molecule has 2 nitrogen and oxygen atoms in total. The third kappa shape index (κ3) is 5.65. The molecule has 0 radical (unpaired) electrons. The summed E-state index contributed by atoms with van der Waals surface area (Å²) in [4.78, 5) is 0. The van der Waals surface area contributed by atoms with Crippen molar-refractivity contribution in [1.29, 1.82) is 0 Å². The molecule has 0 aliphatic rings. The maximum absolute atomic E-state index is 12.6. The van der Waals surface area contributed by atoms with Crippen LogP contribution < -0.4 is 5.43 Å². The van der Waals surface area contributed by atoms with Crippen molar-refractivity contribution >= 4 is 6.72 Å². The normalized spacial score (nSPS) is 10.3. The summed E-state index contributed by atoms with van der Waals surface area (Å²) in [5, 5.41) is 3.33. The number of hydrogen-bond acceptors (Lipinski definition) is 2. The van der Waals surface area contributed by atoms with Crippen LogP contribution in [0.4, 0.5) is 4.39 Å². The first-order chi connectivity index (χ1) is 5.76. The van der Waals surface area contributed by atoms with Gasteiger partial charge in [-0.1, -0.05) is 27.4 Å². The van der Waals surface area contributed by atoms with Gasteiger partial charge in [-0.15, -0.1) is 0 Å². The van der Waals surface area contributed by atoms with Gasteiger partial charge in [-0.2, -0.15) is 5.10 Å². The molecule has 0 amide bonds. The second kappa shape index (κ2) is 9.88. The van der Waals surface area contributed by atoms with Crippen LogP contribution in [0.2, 0.25) is 0 Å². The van der Waals surface area contributed by atoms with Crippen LogP contribution in [-0.4, -0.2) is 6.72 Å². The number of nitrogens with one attached hydrogen (secondary N) is 1. The zero-order valence-electron chi connectivity index (χ0n) is 8.02. The molecule has 0 fully saturated rings. The topological polar surface area (TPSA) is 24.4 Å². The second-order valence-corrected chi connectivity index (χ2v) is 1.65. The Morgan fingerprint density at radius 3 is 2.33 bits per heavy atom. The quantitative estimate of drug-likeness (QED) is 0.393. The van der Waals surface area contributed by atoms with E-state index in [1.165, 1.54) is 0 Å². The van der Waals surface area contributed by atoms with Gasteiger partial charge in [0, 0.05) is 6.72 Å². The van der Waals surface area contributed by atoms with Crippen LogP contribution in [0.25, 0.3) is 0 Å². The molecule has 0 unspecified atom stereocenters. The summed E-state index contributed by atoms with van der Waals surface area (Å²) in [7, 11) is 0. The van der Waals surface area contributed by atoms with Crippen molar-refractivity contribution in [3.63, 3.8) is 0 Å². The molecule has 1 N–H and O–H groups in total. The van der Waals surface area contributed by atoms with Crippen molar-refractivity contribution in [2.45, 2.75) is 27.2 Å². The average molecular weight is 172 g/mol. The van der Waals surface area contributed by atoms with Crippen LogP contribution in [0.1, 0.15) is 27.2 Å². The minimum absolute atomic E-state index is 0.380. The Balaban J connectivity index is 0. The summed E-state index contributed by atoms with van der Waals surface area (Å²) in [5.74, 6) is -0.380. The van der Waals surface area contributed by atoms with E-state index in [1.54, 1.807) is 0 Å². The lowest BCUT2D eigenvalue weighted by Crippen LogP contribution is -2.04. The SMILES string of the molecule is C=C/C(F)=C(\CC)NN=C.CC. The molecule has 0 heterocycles. The van der Waals surface area contributed by atoms with E-state index in [0.717, 1.165) is 6.08 Å². The molecule has 0 saturated carbocycles. The first-order valence-corrected chi connectivity index (χ1v) is 3.99. The number of halogens is 1. The largest absolute Gasteiger partial charge is 0.280 e. The van der Waals surface area contributed by atoms with Gasteiger partial charge in [-0.05, 0) is 12.5 Å². The molecule has 0 aliphatic carbocycles. The molecular weight excluding hydrogens is 155 g/mol. The molecule has 0 aliphatic heterocycles. The van der Waals surface area contributed by atoms with Crippen molar-refractivity contribution in [2.75, 3.05) is 0 Å². The highest BCUT2D eigenvalue weighted by atomic mass is 19.1. The molecule has 0 rings (SSSR count). The molecule has 0 spiro atoms. The summed E-state index contributed by atoms with van der Waals surface area (Å²) in [6.07, 6.45) is 1.69. The number of hydrazone groups is 1. The maximum Gasteiger partial charge on any atom is 0.143 e. The number of rotatable bonds is 4.